The molecule has 1 aliphatic carbocycles. The van der Waals surface area contributed by atoms with E-state index in [1.54, 1.807) is 23.3 Å². The Morgan fingerprint density at radius 3 is 2.88 bits per heavy atom. The Kier molecular flexibility index (Phi) is 2.17. The van der Waals surface area contributed by atoms with Crippen LogP contribution in [0.1, 0.15) is 13.3 Å². The van der Waals surface area contributed by atoms with Gasteiger partial charge in [-0.25, -0.2) is 4.98 Å². The Morgan fingerprint density at radius 2 is 2.24 bits per heavy atom. The van der Waals surface area contributed by atoms with Gasteiger partial charge in [0.25, 0.3) is 0 Å². The molecule has 0 spiro atoms. The molecular formula is C10H13N7. The summed E-state index contributed by atoms with van der Waals surface area (Å²) in [5, 5.41) is 3.23. The second kappa shape index (κ2) is 3.69. The summed E-state index contributed by atoms with van der Waals surface area (Å²) < 4.78 is 1.69. The lowest BCUT2D eigenvalue weighted by atomic mass is 10.5. The van der Waals surface area contributed by atoms with Gasteiger partial charge in [0.15, 0.2) is 0 Å². The molecule has 2 unspecified atom stereocenters. The normalized spacial score (nSPS) is 22.4. The maximum absolute atomic E-state index is 5.66. The number of aromatic nitrogens is 5. The predicted molar refractivity (Wildman–Crippen MR) is 62.6 cm³/mol. The lowest BCUT2D eigenvalue weighted by Crippen LogP contribution is -2.12. The third-order valence-electron chi connectivity index (χ3n) is 2.80. The summed E-state index contributed by atoms with van der Waals surface area (Å²) in [5.74, 6) is 1.88. The van der Waals surface area contributed by atoms with Crippen LogP contribution in [0.4, 0.5) is 11.9 Å². The Balaban J connectivity index is 1.89. The van der Waals surface area contributed by atoms with Gasteiger partial charge in [-0.2, -0.15) is 15.0 Å². The van der Waals surface area contributed by atoms with Gasteiger partial charge < -0.3 is 11.1 Å². The second-order valence-electron chi connectivity index (χ2n) is 4.25. The first-order valence-electron chi connectivity index (χ1n) is 5.49. The Labute approximate surface area is 98.1 Å². The van der Waals surface area contributed by atoms with Crippen molar-refractivity contribution < 1.29 is 0 Å². The number of nitrogen functional groups attached to an aromatic ring is 1. The zero-order valence-electron chi connectivity index (χ0n) is 9.41. The van der Waals surface area contributed by atoms with Crippen LogP contribution in [0, 0.1) is 5.92 Å². The molecule has 7 heteroatoms. The van der Waals surface area contributed by atoms with Gasteiger partial charge in [-0.15, -0.1) is 0 Å². The van der Waals surface area contributed by atoms with Crippen molar-refractivity contribution in [3.8, 4) is 5.95 Å². The average molecular weight is 231 g/mol. The first kappa shape index (κ1) is 10.0. The van der Waals surface area contributed by atoms with E-state index in [0.29, 0.717) is 23.9 Å². The van der Waals surface area contributed by atoms with Crippen molar-refractivity contribution in [2.75, 3.05) is 11.1 Å². The highest BCUT2D eigenvalue weighted by molar-refractivity contribution is 5.37. The fraction of sp³-hybridized carbons (Fsp3) is 0.400. The molecule has 2 atom stereocenters. The van der Waals surface area contributed by atoms with Crippen molar-refractivity contribution in [3.05, 3.63) is 18.7 Å². The zero-order valence-corrected chi connectivity index (χ0v) is 9.41. The van der Waals surface area contributed by atoms with E-state index in [2.05, 4.69) is 32.2 Å². The van der Waals surface area contributed by atoms with E-state index < -0.39 is 0 Å². The van der Waals surface area contributed by atoms with Crippen LogP contribution in [0.15, 0.2) is 18.7 Å². The maximum Gasteiger partial charge on any atom is 0.241 e. The highest BCUT2D eigenvalue weighted by atomic mass is 15.3. The molecule has 1 aliphatic rings. The van der Waals surface area contributed by atoms with E-state index in [9.17, 15) is 0 Å². The number of nitrogens with one attached hydrogen (secondary N) is 1. The predicted octanol–water partition coefficient (Wildman–Crippen LogP) is 0.460. The average Bonchev–Trinajstić information content (AvgIpc) is 2.83. The summed E-state index contributed by atoms with van der Waals surface area (Å²) in [7, 11) is 0. The first-order chi connectivity index (χ1) is 8.22. The number of hydrogen-bond acceptors (Lipinski definition) is 6. The van der Waals surface area contributed by atoms with E-state index in [1.807, 2.05) is 0 Å². The topological polar surface area (TPSA) is 94.5 Å². The van der Waals surface area contributed by atoms with Gasteiger partial charge in [-0.1, -0.05) is 6.92 Å². The lowest BCUT2D eigenvalue weighted by molar-refractivity contribution is 0.875. The van der Waals surface area contributed by atoms with E-state index >= 15 is 0 Å². The second-order valence-corrected chi connectivity index (χ2v) is 4.25. The molecule has 3 N–H and O–H groups in total. The van der Waals surface area contributed by atoms with Crippen molar-refractivity contribution in [1.29, 1.82) is 0 Å². The van der Waals surface area contributed by atoms with Crippen molar-refractivity contribution in [1.82, 2.24) is 24.5 Å². The van der Waals surface area contributed by atoms with Crippen LogP contribution < -0.4 is 11.1 Å². The quantitative estimate of drug-likeness (QED) is 0.796. The van der Waals surface area contributed by atoms with Crippen molar-refractivity contribution in [2.45, 2.75) is 19.4 Å². The van der Waals surface area contributed by atoms with Crippen LogP contribution in [-0.4, -0.2) is 30.5 Å². The highest BCUT2D eigenvalue weighted by Crippen LogP contribution is 2.31. The number of imidazole rings is 1. The van der Waals surface area contributed by atoms with Gasteiger partial charge in [0.05, 0.1) is 0 Å². The summed E-state index contributed by atoms with van der Waals surface area (Å²) >= 11 is 0. The van der Waals surface area contributed by atoms with Gasteiger partial charge in [0, 0.05) is 18.4 Å². The van der Waals surface area contributed by atoms with Crippen LogP contribution in [0.3, 0.4) is 0 Å². The Hall–Kier alpha value is -2.18. The minimum atomic E-state index is 0.208. The fourth-order valence-corrected chi connectivity index (χ4v) is 1.63. The minimum absolute atomic E-state index is 0.208. The maximum atomic E-state index is 5.66. The van der Waals surface area contributed by atoms with Gasteiger partial charge in [-0.05, 0) is 12.3 Å². The standard InChI is InChI=1S/C10H13N7/c1-6-4-7(6)13-9-14-8(11)15-10(16-9)17-3-2-12-5-17/h2-3,5-7H,4H2,1H3,(H3,11,13,14,15,16). The van der Waals surface area contributed by atoms with Crippen LogP contribution >= 0.6 is 0 Å². The highest BCUT2D eigenvalue weighted by Gasteiger charge is 2.33. The molecule has 17 heavy (non-hydrogen) atoms. The Morgan fingerprint density at radius 1 is 1.41 bits per heavy atom. The number of rotatable bonds is 3. The molecule has 0 amide bonds. The molecule has 2 aromatic heterocycles. The summed E-state index contributed by atoms with van der Waals surface area (Å²) in [6.07, 6.45) is 6.19. The van der Waals surface area contributed by atoms with Crippen LogP contribution in [0.25, 0.3) is 5.95 Å². The molecule has 2 aromatic rings. The largest absolute Gasteiger partial charge is 0.368 e. The zero-order chi connectivity index (χ0) is 11.8. The van der Waals surface area contributed by atoms with Crippen molar-refractivity contribution in [2.24, 2.45) is 5.92 Å². The molecule has 0 aliphatic heterocycles. The molecule has 3 rings (SSSR count). The summed E-state index contributed by atoms with van der Waals surface area (Å²) in [6, 6.07) is 0.451. The third kappa shape index (κ3) is 2.03. The molecule has 1 fully saturated rings. The number of anilines is 2. The number of nitrogens with zero attached hydrogens (tertiary/aromatic N) is 5. The number of hydrogen-bond donors (Lipinski definition) is 2. The first-order valence-corrected chi connectivity index (χ1v) is 5.49. The fourth-order valence-electron chi connectivity index (χ4n) is 1.63. The molecule has 7 nitrogen and oxygen atoms in total. The van der Waals surface area contributed by atoms with Crippen LogP contribution in [-0.2, 0) is 0 Å². The lowest BCUT2D eigenvalue weighted by Gasteiger charge is -2.06. The smallest absolute Gasteiger partial charge is 0.241 e. The van der Waals surface area contributed by atoms with Crippen LogP contribution in [0.2, 0.25) is 0 Å². The molecule has 2 heterocycles. The third-order valence-corrected chi connectivity index (χ3v) is 2.80. The monoisotopic (exact) mass is 231 g/mol. The SMILES string of the molecule is CC1CC1Nc1nc(N)nc(-n2ccnc2)n1. The molecule has 0 radical (unpaired) electrons. The summed E-state index contributed by atoms with van der Waals surface area (Å²) in [5.41, 5.74) is 5.66. The molecule has 0 aromatic carbocycles. The van der Waals surface area contributed by atoms with Gasteiger partial charge in [-0.3, -0.25) is 4.57 Å². The minimum Gasteiger partial charge on any atom is -0.368 e. The number of nitrogens with two attached hydrogens (primary N) is 1. The van der Waals surface area contributed by atoms with Gasteiger partial charge in [0.1, 0.15) is 6.33 Å². The van der Waals surface area contributed by atoms with Crippen molar-refractivity contribution in [3.63, 3.8) is 0 Å². The van der Waals surface area contributed by atoms with Gasteiger partial charge >= 0.3 is 0 Å². The molecule has 0 saturated heterocycles. The summed E-state index contributed by atoms with van der Waals surface area (Å²) in [6.45, 7) is 2.18. The molecule has 88 valence electrons. The van der Waals surface area contributed by atoms with E-state index in [0.717, 1.165) is 6.42 Å². The molecule has 1 saturated carbocycles. The van der Waals surface area contributed by atoms with Crippen molar-refractivity contribution >= 4 is 11.9 Å². The van der Waals surface area contributed by atoms with Gasteiger partial charge in [0.2, 0.25) is 17.8 Å². The van der Waals surface area contributed by atoms with E-state index in [1.165, 1.54) is 0 Å². The summed E-state index contributed by atoms with van der Waals surface area (Å²) in [4.78, 5) is 16.4. The molecule has 0 bridgehead atoms. The molecular weight excluding hydrogens is 218 g/mol. The van der Waals surface area contributed by atoms with E-state index in [4.69, 9.17) is 5.73 Å². The van der Waals surface area contributed by atoms with E-state index in [-0.39, 0.29) is 5.95 Å². The van der Waals surface area contributed by atoms with Crippen LogP contribution in [0.5, 0.6) is 0 Å². The Bertz CT molecular complexity index is 521.